The number of fused-ring (bicyclic) bond motifs is 1. The standard InChI is InChI=1S/C12H10F2N2O3/c1-5(17)15-9-4-7(13)11(14)6-2-3-8(16-19)12(18)10(6)9/h4,19H,2-3H2,1H3,(H,15,17)/b16-8+. The average Bonchev–Trinajstić information content (AvgIpc) is 2.34. The van der Waals surface area contributed by atoms with Crippen LogP contribution >= 0.6 is 0 Å². The van der Waals surface area contributed by atoms with Crippen molar-refractivity contribution in [1.29, 1.82) is 0 Å². The molecule has 0 aliphatic heterocycles. The number of Topliss-reactive ketones (excluding diaryl/α,β-unsaturated/α-hetero) is 1. The Kier molecular flexibility index (Phi) is 3.28. The zero-order chi connectivity index (χ0) is 14.2. The van der Waals surface area contributed by atoms with E-state index < -0.39 is 23.3 Å². The number of nitrogens with one attached hydrogen (secondary N) is 1. The Hall–Kier alpha value is -2.31. The first-order valence-electron chi connectivity index (χ1n) is 5.49. The minimum Gasteiger partial charge on any atom is -0.411 e. The van der Waals surface area contributed by atoms with Gasteiger partial charge >= 0.3 is 0 Å². The van der Waals surface area contributed by atoms with E-state index in [4.69, 9.17) is 5.21 Å². The molecule has 2 N–H and O–H groups in total. The molecule has 0 saturated heterocycles. The second kappa shape index (κ2) is 4.75. The first-order chi connectivity index (χ1) is 8.95. The lowest BCUT2D eigenvalue weighted by Crippen LogP contribution is -2.26. The van der Waals surface area contributed by atoms with E-state index in [2.05, 4.69) is 10.5 Å². The Morgan fingerprint density at radius 3 is 2.68 bits per heavy atom. The van der Waals surface area contributed by atoms with E-state index in [-0.39, 0.29) is 35.4 Å². The van der Waals surface area contributed by atoms with Gasteiger partial charge in [0.1, 0.15) is 5.71 Å². The van der Waals surface area contributed by atoms with E-state index >= 15 is 0 Å². The van der Waals surface area contributed by atoms with Gasteiger partial charge in [-0.3, -0.25) is 9.59 Å². The summed E-state index contributed by atoms with van der Waals surface area (Å²) in [5.74, 6) is -3.49. The van der Waals surface area contributed by atoms with Gasteiger partial charge in [-0.1, -0.05) is 5.16 Å². The van der Waals surface area contributed by atoms with Crippen LogP contribution in [0.3, 0.4) is 0 Å². The smallest absolute Gasteiger partial charge is 0.221 e. The molecule has 1 aromatic carbocycles. The third-order valence-electron chi connectivity index (χ3n) is 2.85. The van der Waals surface area contributed by atoms with E-state index in [1.807, 2.05) is 0 Å². The highest BCUT2D eigenvalue weighted by molar-refractivity contribution is 6.48. The lowest BCUT2D eigenvalue weighted by molar-refractivity contribution is -0.114. The topological polar surface area (TPSA) is 78.8 Å². The lowest BCUT2D eigenvalue weighted by Gasteiger charge is -2.20. The monoisotopic (exact) mass is 268 g/mol. The minimum absolute atomic E-state index is 0.0161. The van der Waals surface area contributed by atoms with Crippen LogP contribution in [-0.2, 0) is 11.2 Å². The number of carbonyl (C=O) groups is 2. The molecule has 1 amide bonds. The fourth-order valence-corrected chi connectivity index (χ4v) is 2.06. The maximum Gasteiger partial charge on any atom is 0.221 e. The summed E-state index contributed by atoms with van der Waals surface area (Å²) >= 11 is 0. The van der Waals surface area contributed by atoms with Gasteiger partial charge in [-0.15, -0.1) is 0 Å². The van der Waals surface area contributed by atoms with E-state index in [0.717, 1.165) is 6.07 Å². The van der Waals surface area contributed by atoms with Crippen molar-refractivity contribution >= 4 is 23.1 Å². The molecule has 19 heavy (non-hydrogen) atoms. The van der Waals surface area contributed by atoms with E-state index in [1.165, 1.54) is 6.92 Å². The second-order valence-electron chi connectivity index (χ2n) is 4.13. The van der Waals surface area contributed by atoms with Gasteiger partial charge in [-0.05, 0) is 6.42 Å². The molecular weight excluding hydrogens is 258 g/mol. The quantitative estimate of drug-likeness (QED) is 0.603. The van der Waals surface area contributed by atoms with Crippen molar-refractivity contribution in [3.63, 3.8) is 0 Å². The zero-order valence-electron chi connectivity index (χ0n) is 9.96. The highest BCUT2D eigenvalue weighted by Crippen LogP contribution is 2.31. The first-order valence-corrected chi connectivity index (χ1v) is 5.49. The Balaban J connectivity index is 2.67. The number of halogens is 2. The molecule has 0 radical (unpaired) electrons. The molecule has 0 bridgehead atoms. The summed E-state index contributed by atoms with van der Waals surface area (Å²) in [4.78, 5) is 23.0. The van der Waals surface area contributed by atoms with Gasteiger partial charge < -0.3 is 10.5 Å². The number of hydrogen-bond acceptors (Lipinski definition) is 4. The summed E-state index contributed by atoms with van der Waals surface area (Å²) in [5, 5.41) is 13.8. The molecular formula is C12H10F2N2O3. The molecule has 0 spiro atoms. The first kappa shape index (κ1) is 13.1. The highest BCUT2D eigenvalue weighted by Gasteiger charge is 2.31. The molecule has 0 aromatic heterocycles. The van der Waals surface area contributed by atoms with Crippen LogP contribution in [-0.4, -0.2) is 22.6 Å². The van der Waals surface area contributed by atoms with Gasteiger partial charge in [0.2, 0.25) is 11.7 Å². The van der Waals surface area contributed by atoms with Gasteiger partial charge in [0.05, 0.1) is 11.3 Å². The van der Waals surface area contributed by atoms with Crippen LogP contribution in [0.5, 0.6) is 0 Å². The van der Waals surface area contributed by atoms with Crippen LogP contribution in [0.4, 0.5) is 14.5 Å². The van der Waals surface area contributed by atoms with Gasteiger partial charge in [-0.25, -0.2) is 8.78 Å². The highest BCUT2D eigenvalue weighted by atomic mass is 19.2. The summed E-state index contributed by atoms with van der Waals surface area (Å²) in [6, 6.07) is 0.744. The van der Waals surface area contributed by atoms with Crippen molar-refractivity contribution in [3.05, 3.63) is 28.8 Å². The average molecular weight is 268 g/mol. The maximum atomic E-state index is 13.7. The molecule has 0 atom stereocenters. The molecule has 1 aliphatic rings. The fraction of sp³-hybridized carbons (Fsp3) is 0.250. The Morgan fingerprint density at radius 1 is 1.42 bits per heavy atom. The number of benzene rings is 1. The van der Waals surface area contributed by atoms with Crippen molar-refractivity contribution in [2.75, 3.05) is 5.32 Å². The van der Waals surface area contributed by atoms with Crippen LogP contribution in [0.1, 0.15) is 29.3 Å². The van der Waals surface area contributed by atoms with E-state index in [0.29, 0.717) is 0 Å². The molecule has 100 valence electrons. The number of nitrogens with zero attached hydrogens (tertiary/aromatic N) is 1. The van der Waals surface area contributed by atoms with Gasteiger partial charge in [-0.2, -0.15) is 0 Å². The van der Waals surface area contributed by atoms with E-state index in [9.17, 15) is 18.4 Å². The Morgan fingerprint density at radius 2 is 2.11 bits per heavy atom. The summed E-state index contributed by atoms with van der Waals surface area (Å²) in [7, 11) is 0. The van der Waals surface area contributed by atoms with Gasteiger partial charge in [0.15, 0.2) is 11.6 Å². The predicted octanol–water partition coefficient (Wildman–Crippen LogP) is 1.88. The number of oxime groups is 1. The van der Waals surface area contributed by atoms with Crippen molar-refractivity contribution in [1.82, 2.24) is 0 Å². The summed E-state index contributed by atoms with van der Waals surface area (Å²) in [5.41, 5.74) is -0.535. The number of hydrogen-bond donors (Lipinski definition) is 2. The summed E-state index contributed by atoms with van der Waals surface area (Å²) in [6.07, 6.45) is 0.0405. The minimum atomic E-state index is -1.14. The normalized spacial score (nSPS) is 16.4. The third-order valence-corrected chi connectivity index (χ3v) is 2.85. The van der Waals surface area contributed by atoms with Crippen LogP contribution in [0.2, 0.25) is 0 Å². The molecule has 1 aromatic rings. The molecule has 0 heterocycles. The molecule has 7 heteroatoms. The zero-order valence-corrected chi connectivity index (χ0v) is 9.96. The van der Waals surface area contributed by atoms with Gasteiger partial charge in [0.25, 0.3) is 0 Å². The van der Waals surface area contributed by atoms with E-state index in [1.54, 1.807) is 0 Å². The van der Waals surface area contributed by atoms with Gasteiger partial charge in [0, 0.05) is 25.0 Å². The number of anilines is 1. The van der Waals surface area contributed by atoms with Crippen molar-refractivity contribution in [2.45, 2.75) is 19.8 Å². The van der Waals surface area contributed by atoms with Crippen LogP contribution in [0.25, 0.3) is 0 Å². The SMILES string of the molecule is CC(=O)Nc1cc(F)c(F)c2c1C(=O)/C(=N/O)CC2. The molecule has 5 nitrogen and oxygen atoms in total. The molecule has 2 rings (SSSR count). The molecule has 0 unspecified atom stereocenters. The van der Waals surface area contributed by atoms with Crippen LogP contribution in [0.15, 0.2) is 11.2 Å². The maximum absolute atomic E-state index is 13.7. The Labute approximate surface area is 106 Å². The van der Waals surface area contributed by atoms with Crippen molar-refractivity contribution in [3.8, 4) is 0 Å². The molecule has 0 saturated carbocycles. The number of amides is 1. The number of ketones is 1. The summed E-state index contributed by atoms with van der Waals surface area (Å²) in [6.45, 7) is 1.18. The fourth-order valence-electron chi connectivity index (χ4n) is 2.06. The molecule has 0 fully saturated rings. The predicted molar refractivity (Wildman–Crippen MR) is 62.5 cm³/mol. The second-order valence-corrected chi connectivity index (χ2v) is 4.13. The van der Waals surface area contributed by atoms with Crippen LogP contribution < -0.4 is 5.32 Å². The lowest BCUT2D eigenvalue weighted by atomic mass is 9.87. The molecule has 1 aliphatic carbocycles. The van der Waals surface area contributed by atoms with Crippen molar-refractivity contribution < 1.29 is 23.6 Å². The van der Waals surface area contributed by atoms with Crippen LogP contribution in [0, 0.1) is 11.6 Å². The number of rotatable bonds is 1. The van der Waals surface area contributed by atoms with Crippen molar-refractivity contribution in [2.24, 2.45) is 5.16 Å². The Bertz CT molecular complexity index is 611. The third kappa shape index (κ3) is 2.18. The summed E-state index contributed by atoms with van der Waals surface area (Å²) < 4.78 is 27.1. The largest absolute Gasteiger partial charge is 0.411 e. The number of carbonyl (C=O) groups excluding carboxylic acids is 2.